The number of carbonyl (C=O) groups excluding carboxylic acids is 1. The minimum Gasteiger partial charge on any atom is -0.508 e. The first-order valence-corrected chi connectivity index (χ1v) is 11.5. The fourth-order valence-electron chi connectivity index (χ4n) is 3.78. The molecule has 0 bridgehead atoms. The Morgan fingerprint density at radius 1 is 0.818 bits per heavy atom. The number of benzene rings is 2. The number of rotatable bonds is 2. The predicted molar refractivity (Wildman–Crippen MR) is 131 cm³/mol. The van der Waals surface area contributed by atoms with E-state index in [1.54, 1.807) is 23.1 Å². The Hall–Kier alpha value is -3.13. The molecule has 3 N–H and O–H groups in total. The minimum absolute atomic E-state index is 0.256. The molecule has 0 atom stereocenters. The molecule has 2 fully saturated rings. The molecule has 33 heavy (non-hydrogen) atoms. The van der Waals surface area contributed by atoms with E-state index in [1.165, 1.54) is 0 Å². The van der Waals surface area contributed by atoms with Crippen LogP contribution in [0.25, 0.3) is 0 Å². The van der Waals surface area contributed by atoms with E-state index in [2.05, 4.69) is 15.1 Å². The van der Waals surface area contributed by atoms with Gasteiger partial charge < -0.3 is 35.0 Å². The SMILES string of the molecule is CC(C)(C)OC(=O)N1CCN(c2cccc(O)c2)CC1.Oc1cccc(N2CCNCC2)c1. The number of hydrogen-bond acceptors (Lipinski definition) is 7. The van der Waals surface area contributed by atoms with Crippen molar-refractivity contribution in [1.82, 2.24) is 10.2 Å². The smallest absolute Gasteiger partial charge is 0.410 e. The largest absolute Gasteiger partial charge is 0.508 e. The molecule has 2 aliphatic heterocycles. The first kappa shape index (κ1) is 24.5. The third-order valence-corrected chi connectivity index (χ3v) is 5.44. The monoisotopic (exact) mass is 456 g/mol. The van der Waals surface area contributed by atoms with Gasteiger partial charge in [0.05, 0.1) is 0 Å². The Labute approximate surface area is 196 Å². The third kappa shape index (κ3) is 7.75. The van der Waals surface area contributed by atoms with Crippen molar-refractivity contribution >= 4 is 17.5 Å². The van der Waals surface area contributed by atoms with Crippen LogP contribution >= 0.6 is 0 Å². The lowest BCUT2D eigenvalue weighted by Crippen LogP contribution is -2.50. The second kappa shape index (κ2) is 11.1. The van der Waals surface area contributed by atoms with Crippen LogP contribution in [0.15, 0.2) is 48.5 Å². The van der Waals surface area contributed by atoms with Crippen LogP contribution in [0.4, 0.5) is 16.2 Å². The van der Waals surface area contributed by atoms with Gasteiger partial charge in [-0.1, -0.05) is 12.1 Å². The third-order valence-electron chi connectivity index (χ3n) is 5.44. The molecule has 8 heteroatoms. The van der Waals surface area contributed by atoms with Gasteiger partial charge >= 0.3 is 6.09 Å². The molecule has 4 rings (SSSR count). The number of ether oxygens (including phenoxy) is 1. The van der Waals surface area contributed by atoms with E-state index in [-0.39, 0.29) is 11.8 Å². The van der Waals surface area contributed by atoms with Gasteiger partial charge in [-0.2, -0.15) is 0 Å². The number of carbonyl (C=O) groups is 1. The van der Waals surface area contributed by atoms with E-state index in [1.807, 2.05) is 51.1 Å². The molecule has 0 spiro atoms. The van der Waals surface area contributed by atoms with Gasteiger partial charge in [-0.05, 0) is 45.0 Å². The fraction of sp³-hybridized carbons (Fsp3) is 0.480. The second-order valence-corrected chi connectivity index (χ2v) is 9.23. The van der Waals surface area contributed by atoms with Gasteiger partial charge in [-0.25, -0.2) is 4.79 Å². The summed E-state index contributed by atoms with van der Waals surface area (Å²) in [5.41, 5.74) is 1.63. The van der Waals surface area contributed by atoms with Gasteiger partial charge in [-0.15, -0.1) is 0 Å². The van der Waals surface area contributed by atoms with Gasteiger partial charge in [-0.3, -0.25) is 0 Å². The van der Waals surface area contributed by atoms with Gasteiger partial charge in [0.25, 0.3) is 0 Å². The molecule has 1 amide bonds. The number of nitrogens with zero attached hydrogens (tertiary/aromatic N) is 3. The molecule has 2 saturated heterocycles. The van der Waals surface area contributed by atoms with E-state index in [4.69, 9.17) is 4.74 Å². The zero-order valence-electron chi connectivity index (χ0n) is 19.8. The second-order valence-electron chi connectivity index (χ2n) is 9.23. The lowest BCUT2D eigenvalue weighted by atomic mass is 10.2. The number of piperazine rings is 2. The maximum Gasteiger partial charge on any atom is 0.410 e. The average Bonchev–Trinajstić information content (AvgIpc) is 2.79. The van der Waals surface area contributed by atoms with Crippen molar-refractivity contribution in [1.29, 1.82) is 0 Å². The summed E-state index contributed by atoms with van der Waals surface area (Å²) in [4.78, 5) is 18.1. The molecule has 0 radical (unpaired) electrons. The van der Waals surface area contributed by atoms with Gasteiger partial charge in [0.2, 0.25) is 0 Å². The molecule has 180 valence electrons. The fourth-order valence-corrected chi connectivity index (χ4v) is 3.78. The van der Waals surface area contributed by atoms with E-state index in [0.29, 0.717) is 18.8 Å². The number of hydrogen-bond donors (Lipinski definition) is 3. The number of anilines is 2. The summed E-state index contributed by atoms with van der Waals surface area (Å²) in [5.74, 6) is 0.605. The van der Waals surface area contributed by atoms with Crippen molar-refractivity contribution in [2.75, 3.05) is 62.2 Å². The molecule has 2 aromatic carbocycles. The Morgan fingerprint density at radius 2 is 1.30 bits per heavy atom. The van der Waals surface area contributed by atoms with Crippen molar-refractivity contribution in [2.24, 2.45) is 0 Å². The quantitative estimate of drug-likeness (QED) is 0.639. The molecule has 2 aliphatic rings. The summed E-state index contributed by atoms with van der Waals surface area (Å²) in [6.45, 7) is 12.4. The van der Waals surface area contributed by atoms with E-state index in [0.717, 1.165) is 50.6 Å². The summed E-state index contributed by atoms with van der Waals surface area (Å²) < 4.78 is 5.37. The number of nitrogens with one attached hydrogen (secondary N) is 1. The predicted octanol–water partition coefficient (Wildman–Crippen LogP) is 3.25. The molecule has 8 nitrogen and oxygen atoms in total. The van der Waals surface area contributed by atoms with Crippen LogP contribution in [0, 0.1) is 0 Å². The van der Waals surface area contributed by atoms with Crippen LogP contribution in [0.3, 0.4) is 0 Å². The van der Waals surface area contributed by atoms with Crippen molar-refractivity contribution in [3.05, 3.63) is 48.5 Å². The van der Waals surface area contributed by atoms with Crippen molar-refractivity contribution in [3.8, 4) is 11.5 Å². The van der Waals surface area contributed by atoms with Gasteiger partial charge in [0.15, 0.2) is 0 Å². The highest BCUT2D eigenvalue weighted by Crippen LogP contribution is 2.22. The molecule has 0 aliphatic carbocycles. The number of amides is 1. The van der Waals surface area contributed by atoms with E-state index < -0.39 is 5.60 Å². The molecule has 0 saturated carbocycles. The summed E-state index contributed by atoms with van der Waals surface area (Å²) >= 11 is 0. The number of aromatic hydroxyl groups is 2. The van der Waals surface area contributed by atoms with E-state index in [9.17, 15) is 15.0 Å². The van der Waals surface area contributed by atoms with Crippen LogP contribution in [0.1, 0.15) is 20.8 Å². The van der Waals surface area contributed by atoms with Gasteiger partial charge in [0.1, 0.15) is 17.1 Å². The highest BCUT2D eigenvalue weighted by atomic mass is 16.6. The average molecular weight is 457 g/mol. The Kier molecular flexibility index (Phi) is 8.27. The Morgan fingerprint density at radius 3 is 1.76 bits per heavy atom. The maximum atomic E-state index is 12.0. The van der Waals surface area contributed by atoms with Crippen molar-refractivity contribution < 1.29 is 19.7 Å². The normalized spacial score (nSPS) is 16.6. The van der Waals surface area contributed by atoms with E-state index >= 15 is 0 Å². The summed E-state index contributed by atoms with van der Waals surface area (Å²) in [5, 5.41) is 22.1. The lowest BCUT2D eigenvalue weighted by molar-refractivity contribution is 0.0240. The molecule has 0 aromatic heterocycles. The summed E-state index contributed by atoms with van der Waals surface area (Å²) in [7, 11) is 0. The standard InChI is InChI=1S/C15H22N2O3.C10H14N2O/c1-15(2,3)20-14(19)17-9-7-16(8-10-17)12-5-4-6-13(18)11-12;13-10-3-1-2-9(8-10)12-6-4-11-5-7-12/h4-6,11,18H,7-10H2,1-3H3;1-3,8,11,13H,4-7H2. The molecule has 0 unspecified atom stereocenters. The van der Waals surface area contributed by atoms with Crippen molar-refractivity contribution in [3.63, 3.8) is 0 Å². The van der Waals surface area contributed by atoms with Crippen LogP contribution in [-0.4, -0.2) is 79.2 Å². The van der Waals surface area contributed by atoms with Gasteiger partial charge in [0, 0.05) is 75.9 Å². The molecular formula is C25H36N4O4. The molecule has 2 aromatic rings. The zero-order chi connectivity index (χ0) is 23.8. The first-order chi connectivity index (χ1) is 15.7. The Balaban J connectivity index is 0.000000203. The van der Waals surface area contributed by atoms with Crippen molar-refractivity contribution in [2.45, 2.75) is 26.4 Å². The maximum absolute atomic E-state index is 12.0. The van der Waals surface area contributed by atoms with Crippen LogP contribution in [-0.2, 0) is 4.74 Å². The van der Waals surface area contributed by atoms with Crippen LogP contribution < -0.4 is 15.1 Å². The summed E-state index contributed by atoms with van der Waals surface area (Å²) in [6, 6.07) is 14.6. The minimum atomic E-state index is -0.459. The molecular weight excluding hydrogens is 420 g/mol. The number of phenolic OH excluding ortho intramolecular Hbond substituents is 2. The highest BCUT2D eigenvalue weighted by Gasteiger charge is 2.25. The van der Waals surface area contributed by atoms with Crippen LogP contribution in [0.5, 0.6) is 11.5 Å². The summed E-state index contributed by atoms with van der Waals surface area (Å²) in [6.07, 6.45) is -0.256. The topological polar surface area (TPSA) is 88.5 Å². The Bertz CT molecular complexity index is 901. The highest BCUT2D eigenvalue weighted by molar-refractivity contribution is 5.68. The zero-order valence-corrected chi connectivity index (χ0v) is 19.8. The van der Waals surface area contributed by atoms with Crippen LogP contribution in [0.2, 0.25) is 0 Å². The number of phenols is 2. The molecule has 2 heterocycles. The lowest BCUT2D eigenvalue weighted by Gasteiger charge is -2.36. The first-order valence-electron chi connectivity index (χ1n) is 11.5.